The molecule has 0 spiro atoms. The molecule has 4 nitrogen and oxygen atoms in total. The third kappa shape index (κ3) is 4.82. The lowest BCUT2D eigenvalue weighted by atomic mass is 9.76. The van der Waals surface area contributed by atoms with Crippen LogP contribution in [0.5, 0.6) is 0 Å². The Morgan fingerprint density at radius 1 is 1.13 bits per heavy atom. The minimum atomic E-state index is -0.471. The van der Waals surface area contributed by atoms with E-state index < -0.39 is 5.60 Å². The second-order valence-corrected chi connectivity index (χ2v) is 8.25. The molecule has 2 aliphatic rings. The van der Waals surface area contributed by atoms with Crippen LogP contribution in [0.3, 0.4) is 0 Å². The van der Waals surface area contributed by atoms with Gasteiger partial charge in [0.05, 0.1) is 0 Å². The zero-order valence-corrected chi connectivity index (χ0v) is 15.2. The van der Waals surface area contributed by atoms with E-state index in [1.165, 1.54) is 5.57 Å². The number of hydrogen-bond donors (Lipinski definition) is 0. The number of piperidine rings is 2. The first-order valence-corrected chi connectivity index (χ1v) is 8.85. The van der Waals surface area contributed by atoms with Crippen molar-refractivity contribution in [2.24, 2.45) is 5.92 Å². The van der Waals surface area contributed by atoms with Crippen molar-refractivity contribution in [1.82, 2.24) is 4.90 Å². The summed E-state index contributed by atoms with van der Waals surface area (Å²) in [5.41, 5.74) is 0.714. The lowest BCUT2D eigenvalue weighted by Gasteiger charge is -2.48. The summed E-state index contributed by atoms with van der Waals surface area (Å²) in [5, 5.41) is 0. The summed E-state index contributed by atoms with van der Waals surface area (Å²) < 4.78 is 5.58. The van der Waals surface area contributed by atoms with Gasteiger partial charge in [0.15, 0.2) is 0 Å². The third-order valence-electron chi connectivity index (χ3n) is 4.75. The van der Waals surface area contributed by atoms with Gasteiger partial charge in [-0.1, -0.05) is 11.6 Å². The highest BCUT2D eigenvalue weighted by Gasteiger charge is 2.43. The first-order valence-electron chi connectivity index (χ1n) is 8.85. The van der Waals surface area contributed by atoms with Crippen LogP contribution in [0.2, 0.25) is 0 Å². The Hall–Kier alpha value is -1.32. The van der Waals surface area contributed by atoms with Crippen LogP contribution < -0.4 is 0 Å². The summed E-state index contributed by atoms with van der Waals surface area (Å²) in [6.45, 7) is 9.74. The van der Waals surface area contributed by atoms with Crippen LogP contribution in [-0.4, -0.2) is 34.5 Å². The molecule has 0 N–H and O–H groups in total. The van der Waals surface area contributed by atoms with E-state index in [1.54, 1.807) is 0 Å². The Morgan fingerprint density at radius 2 is 1.70 bits per heavy atom. The lowest BCUT2D eigenvalue weighted by Crippen LogP contribution is -2.56. The maximum absolute atomic E-state index is 12.5. The topological polar surface area (TPSA) is 46.6 Å². The summed E-state index contributed by atoms with van der Waals surface area (Å²) in [7, 11) is 0. The van der Waals surface area contributed by atoms with Crippen molar-refractivity contribution in [1.29, 1.82) is 0 Å². The van der Waals surface area contributed by atoms with Crippen LogP contribution in [0.25, 0.3) is 0 Å². The Labute approximate surface area is 140 Å². The summed E-state index contributed by atoms with van der Waals surface area (Å²) in [6, 6.07) is 0.330. The molecule has 2 fully saturated rings. The molecule has 2 bridgehead atoms. The van der Waals surface area contributed by atoms with Crippen LogP contribution >= 0.6 is 0 Å². The van der Waals surface area contributed by atoms with Crippen molar-refractivity contribution in [2.45, 2.75) is 90.8 Å². The normalized spacial score (nSPS) is 27.3. The molecule has 2 aliphatic heterocycles. The van der Waals surface area contributed by atoms with Gasteiger partial charge in [-0.25, -0.2) is 4.79 Å². The van der Waals surface area contributed by atoms with Crippen molar-refractivity contribution in [2.75, 3.05) is 0 Å². The molecule has 0 saturated carbocycles. The molecule has 2 heterocycles. The van der Waals surface area contributed by atoms with E-state index in [-0.39, 0.29) is 24.1 Å². The van der Waals surface area contributed by atoms with E-state index >= 15 is 0 Å². The number of rotatable bonds is 3. The second-order valence-electron chi connectivity index (χ2n) is 8.25. The van der Waals surface area contributed by atoms with Gasteiger partial charge < -0.3 is 9.64 Å². The van der Waals surface area contributed by atoms with E-state index in [2.05, 4.69) is 0 Å². The fourth-order valence-electron chi connectivity index (χ4n) is 3.73. The van der Waals surface area contributed by atoms with Crippen molar-refractivity contribution in [3.8, 4) is 0 Å². The molecule has 0 radical (unpaired) electrons. The molecular formula is C19H31NO3. The fourth-order valence-corrected chi connectivity index (χ4v) is 3.73. The van der Waals surface area contributed by atoms with Gasteiger partial charge in [0, 0.05) is 24.4 Å². The van der Waals surface area contributed by atoms with E-state index in [4.69, 9.17) is 4.74 Å². The molecule has 23 heavy (non-hydrogen) atoms. The number of carbonyl (C=O) groups is 2. The maximum atomic E-state index is 12.5. The Morgan fingerprint density at radius 3 is 2.17 bits per heavy atom. The van der Waals surface area contributed by atoms with Crippen molar-refractivity contribution in [3.63, 3.8) is 0 Å². The first kappa shape index (κ1) is 18.0. The first-order chi connectivity index (χ1) is 10.7. The van der Waals surface area contributed by atoms with Crippen molar-refractivity contribution < 1.29 is 14.3 Å². The molecule has 0 aromatic carbocycles. The van der Waals surface area contributed by atoms with Gasteiger partial charge in [0.1, 0.15) is 11.4 Å². The minimum absolute atomic E-state index is 0.0968. The van der Waals surface area contributed by atoms with Gasteiger partial charge >= 0.3 is 6.09 Å². The van der Waals surface area contributed by atoms with Crippen LogP contribution in [-0.2, 0) is 9.53 Å². The van der Waals surface area contributed by atoms with Gasteiger partial charge in [-0.15, -0.1) is 0 Å². The summed E-state index contributed by atoms with van der Waals surface area (Å²) in [6.07, 6.45) is 7.05. The van der Waals surface area contributed by atoms with E-state index in [1.807, 2.05) is 45.6 Å². The Balaban J connectivity index is 2.04. The number of nitrogens with zero attached hydrogens (tertiary/aromatic N) is 1. The van der Waals surface area contributed by atoms with E-state index in [0.29, 0.717) is 12.2 Å². The average Bonchev–Trinajstić information content (AvgIpc) is 2.41. The number of hydrogen-bond acceptors (Lipinski definition) is 3. The lowest BCUT2D eigenvalue weighted by molar-refractivity contribution is -0.126. The summed E-state index contributed by atoms with van der Waals surface area (Å²) >= 11 is 0. The van der Waals surface area contributed by atoms with Crippen LogP contribution in [0.1, 0.15) is 73.1 Å². The van der Waals surface area contributed by atoms with Gasteiger partial charge in [-0.05, 0) is 66.7 Å². The predicted octanol–water partition coefficient (Wildman–Crippen LogP) is 4.48. The number of fused-ring (bicyclic) bond motifs is 2. The Bertz CT molecular complexity index is 471. The second kappa shape index (κ2) is 7.06. The fraction of sp³-hybridized carbons (Fsp3) is 0.789. The number of ether oxygens (including phenoxy) is 1. The molecule has 2 atom stereocenters. The van der Waals surface area contributed by atoms with Gasteiger partial charge in [0.2, 0.25) is 0 Å². The van der Waals surface area contributed by atoms with E-state index in [0.717, 1.165) is 32.1 Å². The number of carbonyl (C=O) groups excluding carboxylic acids is 2. The minimum Gasteiger partial charge on any atom is -0.444 e. The molecule has 130 valence electrons. The van der Waals surface area contributed by atoms with Gasteiger partial charge in [0.25, 0.3) is 0 Å². The van der Waals surface area contributed by atoms with Crippen molar-refractivity contribution >= 4 is 11.9 Å². The average molecular weight is 321 g/mol. The number of Topliss-reactive ketones (excluding diaryl/α,β-unsaturated/α-hetero) is 1. The van der Waals surface area contributed by atoms with Crippen molar-refractivity contribution in [3.05, 3.63) is 11.6 Å². The summed E-state index contributed by atoms with van der Waals surface area (Å²) in [4.78, 5) is 26.9. The van der Waals surface area contributed by atoms with Crippen LogP contribution in [0, 0.1) is 5.92 Å². The molecule has 0 aromatic rings. The zero-order valence-electron chi connectivity index (χ0n) is 15.2. The number of amides is 1. The highest BCUT2D eigenvalue weighted by Crippen LogP contribution is 2.38. The van der Waals surface area contributed by atoms with Crippen LogP contribution in [0.4, 0.5) is 4.79 Å². The quantitative estimate of drug-likeness (QED) is 0.720. The molecule has 0 aromatic heterocycles. The van der Waals surface area contributed by atoms with E-state index in [9.17, 15) is 9.59 Å². The standard InChI is InChI=1S/C19H31NO3/c1-13(2)9-10-17(21)14-11-15-7-6-8-16(12-14)20(15)18(22)23-19(3,4)5/h9,14-16H,6-8,10-12H2,1-5H3. The van der Waals surface area contributed by atoms with Gasteiger partial charge in [-0.3, -0.25) is 4.79 Å². The molecular weight excluding hydrogens is 290 g/mol. The van der Waals surface area contributed by atoms with Gasteiger partial charge in [-0.2, -0.15) is 0 Å². The molecule has 1 amide bonds. The third-order valence-corrected chi connectivity index (χ3v) is 4.75. The molecule has 2 rings (SSSR count). The monoisotopic (exact) mass is 321 g/mol. The number of allylic oxidation sites excluding steroid dienone is 2. The molecule has 2 saturated heterocycles. The largest absolute Gasteiger partial charge is 0.444 e. The summed E-state index contributed by atoms with van der Waals surface area (Å²) in [5.74, 6) is 0.423. The Kier molecular flexibility index (Phi) is 5.53. The molecule has 0 aliphatic carbocycles. The number of ketones is 1. The predicted molar refractivity (Wildman–Crippen MR) is 91.3 cm³/mol. The maximum Gasteiger partial charge on any atom is 0.410 e. The molecule has 2 unspecified atom stereocenters. The highest BCUT2D eigenvalue weighted by molar-refractivity contribution is 5.83. The molecule has 4 heteroatoms. The van der Waals surface area contributed by atoms with Crippen LogP contribution in [0.15, 0.2) is 11.6 Å². The smallest absolute Gasteiger partial charge is 0.410 e. The highest BCUT2D eigenvalue weighted by atomic mass is 16.6. The SMILES string of the molecule is CC(C)=CCC(=O)C1CC2CCCC(C1)N2C(=O)OC(C)(C)C. The zero-order chi connectivity index (χ0) is 17.2.